The van der Waals surface area contributed by atoms with Gasteiger partial charge in [0, 0.05) is 0 Å². The minimum Gasteiger partial charge on any atom is -0.576 e. The van der Waals surface area contributed by atoms with Gasteiger partial charge in [0.15, 0.2) is 0 Å². The van der Waals surface area contributed by atoms with Gasteiger partial charge in [0.2, 0.25) is 0 Å². The van der Waals surface area contributed by atoms with Crippen LogP contribution >= 0.6 is 0 Å². The summed E-state index contributed by atoms with van der Waals surface area (Å²) in [6, 6.07) is 8.34. The van der Waals surface area contributed by atoms with Crippen molar-refractivity contribution in [1.82, 2.24) is 0 Å². The first-order valence-electron chi connectivity index (χ1n) is 6.25. The predicted molar refractivity (Wildman–Crippen MR) is 77.2 cm³/mol. The Morgan fingerprint density at radius 3 is 1.38 bits per heavy atom. The summed E-state index contributed by atoms with van der Waals surface area (Å²) in [6.45, 7) is 0.192. The summed E-state index contributed by atoms with van der Waals surface area (Å²) in [7, 11) is -7.97. The van der Waals surface area contributed by atoms with Crippen molar-refractivity contribution in [3.63, 3.8) is 0 Å². The first-order valence-corrected chi connectivity index (χ1v) is 9.47. The van der Waals surface area contributed by atoms with Gasteiger partial charge in [-0.05, 0) is 12.8 Å². The zero-order chi connectivity index (χ0) is 16.6. The third-order valence-corrected chi connectivity index (χ3v) is 3.91. The SMILES string of the molecule is O=S(=O)(O)CCCOc1[c-]cc(OCCCS(=O)(=O)O)[c-]c1.[Na+].[Na+]. The van der Waals surface area contributed by atoms with E-state index in [-0.39, 0.29) is 96.7 Å². The van der Waals surface area contributed by atoms with Crippen molar-refractivity contribution in [2.24, 2.45) is 0 Å². The van der Waals surface area contributed by atoms with Crippen LogP contribution in [0.15, 0.2) is 12.1 Å². The molecule has 0 unspecified atom stereocenters. The number of hydrogen-bond donors (Lipinski definition) is 2. The molecule has 0 saturated carbocycles. The van der Waals surface area contributed by atoms with Crippen LogP contribution in [0.3, 0.4) is 0 Å². The van der Waals surface area contributed by atoms with Crippen LogP contribution in [-0.2, 0) is 20.2 Å². The molecular formula is C12H16Na2O8S2. The molecule has 0 fully saturated rings. The smallest absolute Gasteiger partial charge is 0.576 e. The molecule has 12 heteroatoms. The normalized spacial score (nSPS) is 11.1. The summed E-state index contributed by atoms with van der Waals surface area (Å²) in [5, 5.41) is 0. The van der Waals surface area contributed by atoms with Crippen LogP contribution in [0.4, 0.5) is 0 Å². The van der Waals surface area contributed by atoms with Crippen molar-refractivity contribution in [3.05, 3.63) is 24.3 Å². The molecule has 0 aromatic heterocycles. The molecule has 126 valence electrons. The molecular weight excluding hydrogens is 382 g/mol. The topological polar surface area (TPSA) is 127 Å². The van der Waals surface area contributed by atoms with Gasteiger partial charge in [-0.2, -0.15) is 16.8 Å². The Kier molecular flexibility index (Phi) is 14.4. The van der Waals surface area contributed by atoms with Gasteiger partial charge in [-0.15, -0.1) is 11.5 Å². The summed E-state index contributed by atoms with van der Waals surface area (Å²) in [6.07, 6.45) is 0.279. The van der Waals surface area contributed by atoms with Gasteiger partial charge in [0.1, 0.15) is 0 Å². The average molecular weight is 398 g/mol. The minimum atomic E-state index is -3.99. The van der Waals surface area contributed by atoms with Crippen molar-refractivity contribution in [2.45, 2.75) is 12.8 Å². The fraction of sp³-hybridized carbons (Fsp3) is 0.500. The molecule has 2 N–H and O–H groups in total. The zero-order valence-electron chi connectivity index (χ0n) is 13.6. The van der Waals surface area contributed by atoms with E-state index in [2.05, 4.69) is 12.1 Å². The van der Waals surface area contributed by atoms with E-state index >= 15 is 0 Å². The van der Waals surface area contributed by atoms with Crippen LogP contribution in [-0.4, -0.2) is 50.7 Å². The van der Waals surface area contributed by atoms with E-state index in [4.69, 9.17) is 18.6 Å². The van der Waals surface area contributed by atoms with E-state index in [9.17, 15) is 16.8 Å². The maximum Gasteiger partial charge on any atom is 1.00 e. The molecule has 0 spiro atoms. The van der Waals surface area contributed by atoms with E-state index in [1.54, 1.807) is 0 Å². The Hall–Kier alpha value is 0.640. The monoisotopic (exact) mass is 398 g/mol. The van der Waals surface area contributed by atoms with Gasteiger partial charge < -0.3 is 9.47 Å². The fourth-order valence-electron chi connectivity index (χ4n) is 1.37. The Morgan fingerprint density at radius 2 is 1.12 bits per heavy atom. The largest absolute Gasteiger partial charge is 1.00 e. The van der Waals surface area contributed by atoms with E-state index in [1.165, 1.54) is 12.1 Å². The van der Waals surface area contributed by atoms with Crippen LogP contribution in [0, 0.1) is 12.1 Å². The van der Waals surface area contributed by atoms with Gasteiger partial charge in [0.05, 0.1) is 24.7 Å². The Morgan fingerprint density at radius 1 is 0.792 bits per heavy atom. The van der Waals surface area contributed by atoms with Crippen molar-refractivity contribution >= 4 is 20.2 Å². The number of rotatable bonds is 10. The molecule has 0 atom stereocenters. The quantitative estimate of drug-likeness (QED) is 0.173. The van der Waals surface area contributed by atoms with E-state index in [0.717, 1.165) is 0 Å². The summed E-state index contributed by atoms with van der Waals surface area (Å²) in [4.78, 5) is 0. The summed E-state index contributed by atoms with van der Waals surface area (Å²) >= 11 is 0. The van der Waals surface area contributed by atoms with Gasteiger partial charge in [-0.25, -0.2) is 12.1 Å². The molecule has 24 heavy (non-hydrogen) atoms. The number of benzene rings is 1. The zero-order valence-corrected chi connectivity index (χ0v) is 19.2. The van der Waals surface area contributed by atoms with Crippen molar-refractivity contribution in [1.29, 1.82) is 0 Å². The van der Waals surface area contributed by atoms with Crippen LogP contribution in [0.25, 0.3) is 0 Å². The maximum atomic E-state index is 10.5. The molecule has 8 nitrogen and oxygen atoms in total. The standard InChI is InChI=1S/C12H16O8S2.2Na/c13-21(14,15)9-1-7-19-11-3-5-12(6-4-11)20-8-2-10-22(16,17)18;;/h3,6H,1-2,7-10H2,(H,13,14,15)(H,16,17,18);;/q-2;2*+1. The molecule has 1 aromatic rings. The second-order valence-electron chi connectivity index (χ2n) is 4.28. The minimum absolute atomic E-state index is 0. The van der Waals surface area contributed by atoms with Crippen LogP contribution in [0.2, 0.25) is 0 Å². The Bertz CT molecular complexity index is 600. The van der Waals surface area contributed by atoms with Gasteiger partial charge >= 0.3 is 59.1 Å². The van der Waals surface area contributed by atoms with Crippen molar-refractivity contribution in [2.75, 3.05) is 24.7 Å². The average Bonchev–Trinajstić information content (AvgIpc) is 2.39. The van der Waals surface area contributed by atoms with E-state index in [1.807, 2.05) is 0 Å². The van der Waals surface area contributed by atoms with Crippen molar-refractivity contribution < 1.29 is 94.5 Å². The van der Waals surface area contributed by atoms with Crippen molar-refractivity contribution in [3.8, 4) is 11.5 Å². The fourth-order valence-corrected chi connectivity index (χ4v) is 2.34. The molecule has 0 bridgehead atoms. The molecule has 0 saturated heterocycles. The Labute approximate surface area is 186 Å². The van der Waals surface area contributed by atoms with E-state index < -0.39 is 20.2 Å². The maximum absolute atomic E-state index is 10.5. The van der Waals surface area contributed by atoms with Crippen LogP contribution in [0.5, 0.6) is 11.5 Å². The number of ether oxygens (including phenoxy) is 2. The molecule has 0 aliphatic rings. The predicted octanol–water partition coefficient (Wildman–Crippen LogP) is -5.39. The van der Waals surface area contributed by atoms with E-state index in [0.29, 0.717) is 11.5 Å². The third-order valence-electron chi connectivity index (χ3n) is 2.30. The molecule has 0 aliphatic carbocycles. The molecule has 0 radical (unpaired) electrons. The van der Waals surface area contributed by atoms with Crippen LogP contribution in [0.1, 0.15) is 12.8 Å². The van der Waals surface area contributed by atoms with Gasteiger partial charge in [0.25, 0.3) is 20.2 Å². The third kappa shape index (κ3) is 14.9. The second kappa shape index (κ2) is 12.9. The second-order valence-corrected chi connectivity index (χ2v) is 7.43. The summed E-state index contributed by atoms with van der Waals surface area (Å²) in [5.41, 5.74) is 0. The van der Waals surface area contributed by atoms with Crippen LogP contribution < -0.4 is 68.6 Å². The van der Waals surface area contributed by atoms with Gasteiger partial charge in [-0.1, -0.05) is 0 Å². The molecule has 0 amide bonds. The first kappa shape index (κ1) is 26.9. The first-order chi connectivity index (χ1) is 10.2. The molecule has 0 heterocycles. The summed E-state index contributed by atoms with van der Waals surface area (Å²) < 4.78 is 69.4. The molecule has 1 aromatic carbocycles. The molecule has 0 aliphatic heterocycles. The summed E-state index contributed by atoms with van der Waals surface area (Å²) in [5.74, 6) is -0.0987. The molecule has 1 rings (SSSR count). The number of hydrogen-bond acceptors (Lipinski definition) is 6. The van der Waals surface area contributed by atoms with Gasteiger partial charge in [-0.3, -0.25) is 21.2 Å². The Balaban J connectivity index is 0.